The van der Waals surface area contributed by atoms with E-state index in [1.54, 1.807) is 35.5 Å². The lowest BCUT2D eigenvalue weighted by Crippen LogP contribution is -2.43. The van der Waals surface area contributed by atoms with Crippen LogP contribution < -0.4 is 10.6 Å². The molecule has 1 amide bonds. The third-order valence-corrected chi connectivity index (χ3v) is 2.29. The molecule has 4 heteroatoms. The standard InChI is InChI=1S/C12H17N3O/c1-3-5-11(13)12(16)15(4-2)10-6-8-14-9-7-10/h3,6-9,11H,1,4-5,13H2,2H3. The fourth-order valence-electron chi connectivity index (χ4n) is 1.47. The minimum Gasteiger partial charge on any atom is -0.320 e. The van der Waals surface area contributed by atoms with Gasteiger partial charge in [-0.15, -0.1) is 6.58 Å². The average Bonchev–Trinajstić information content (AvgIpc) is 2.31. The van der Waals surface area contributed by atoms with E-state index in [0.29, 0.717) is 13.0 Å². The second-order valence-electron chi connectivity index (χ2n) is 3.42. The van der Waals surface area contributed by atoms with Gasteiger partial charge in [-0.05, 0) is 25.5 Å². The van der Waals surface area contributed by atoms with Crippen molar-refractivity contribution >= 4 is 11.6 Å². The average molecular weight is 219 g/mol. The van der Waals surface area contributed by atoms with Crippen molar-refractivity contribution in [2.24, 2.45) is 5.73 Å². The van der Waals surface area contributed by atoms with E-state index >= 15 is 0 Å². The summed E-state index contributed by atoms with van der Waals surface area (Å²) in [6.07, 6.45) is 5.46. The van der Waals surface area contributed by atoms with Crippen molar-refractivity contribution in [3.05, 3.63) is 37.2 Å². The number of likely N-dealkylation sites (N-methyl/N-ethyl adjacent to an activating group) is 1. The van der Waals surface area contributed by atoms with E-state index in [-0.39, 0.29) is 5.91 Å². The van der Waals surface area contributed by atoms with Gasteiger partial charge < -0.3 is 10.6 Å². The molecule has 1 aromatic heterocycles. The monoisotopic (exact) mass is 219 g/mol. The van der Waals surface area contributed by atoms with E-state index in [1.807, 2.05) is 6.92 Å². The molecule has 0 bridgehead atoms. The zero-order valence-electron chi connectivity index (χ0n) is 9.47. The number of aromatic nitrogens is 1. The number of hydrogen-bond acceptors (Lipinski definition) is 3. The number of hydrogen-bond donors (Lipinski definition) is 1. The molecule has 1 unspecified atom stereocenters. The summed E-state index contributed by atoms with van der Waals surface area (Å²) in [6.45, 7) is 6.09. The summed E-state index contributed by atoms with van der Waals surface area (Å²) < 4.78 is 0. The highest BCUT2D eigenvalue weighted by molar-refractivity contribution is 5.96. The number of nitrogens with zero attached hydrogens (tertiary/aromatic N) is 2. The molecule has 0 saturated carbocycles. The molecule has 0 spiro atoms. The summed E-state index contributed by atoms with van der Waals surface area (Å²) in [5.41, 5.74) is 6.58. The van der Waals surface area contributed by atoms with Gasteiger partial charge in [-0.3, -0.25) is 9.78 Å². The highest BCUT2D eigenvalue weighted by Gasteiger charge is 2.19. The molecule has 86 valence electrons. The van der Waals surface area contributed by atoms with Gasteiger partial charge in [-0.1, -0.05) is 6.08 Å². The number of rotatable bonds is 5. The van der Waals surface area contributed by atoms with E-state index in [9.17, 15) is 4.79 Å². The van der Waals surface area contributed by atoms with Crippen LogP contribution in [-0.4, -0.2) is 23.5 Å². The second-order valence-corrected chi connectivity index (χ2v) is 3.42. The van der Waals surface area contributed by atoms with Crippen molar-refractivity contribution < 1.29 is 4.79 Å². The van der Waals surface area contributed by atoms with Gasteiger partial charge in [0.05, 0.1) is 6.04 Å². The van der Waals surface area contributed by atoms with Gasteiger partial charge in [0.15, 0.2) is 0 Å². The summed E-state index contributed by atoms with van der Waals surface area (Å²) in [5, 5.41) is 0. The van der Waals surface area contributed by atoms with Crippen LogP contribution in [0.3, 0.4) is 0 Å². The van der Waals surface area contributed by atoms with E-state index < -0.39 is 6.04 Å². The number of amides is 1. The Balaban J connectivity index is 2.82. The van der Waals surface area contributed by atoms with Gasteiger partial charge >= 0.3 is 0 Å². The fraction of sp³-hybridized carbons (Fsp3) is 0.333. The first-order valence-electron chi connectivity index (χ1n) is 5.28. The molecule has 0 aliphatic heterocycles. The maximum absolute atomic E-state index is 12.0. The molecule has 1 atom stereocenters. The van der Waals surface area contributed by atoms with E-state index in [1.165, 1.54) is 0 Å². The molecule has 1 rings (SSSR count). The Hall–Kier alpha value is -1.68. The Kier molecular flexibility index (Phi) is 4.66. The van der Waals surface area contributed by atoms with Gasteiger partial charge in [-0.2, -0.15) is 0 Å². The molecule has 0 aromatic carbocycles. The Morgan fingerprint density at radius 2 is 2.25 bits per heavy atom. The molecule has 1 heterocycles. The van der Waals surface area contributed by atoms with Crippen LogP contribution in [-0.2, 0) is 4.79 Å². The first kappa shape index (κ1) is 12.4. The Labute approximate surface area is 95.8 Å². The Bertz CT molecular complexity index is 351. The zero-order valence-corrected chi connectivity index (χ0v) is 9.47. The lowest BCUT2D eigenvalue weighted by Gasteiger charge is -2.23. The van der Waals surface area contributed by atoms with Gasteiger partial charge in [-0.25, -0.2) is 0 Å². The highest BCUT2D eigenvalue weighted by atomic mass is 16.2. The molecule has 0 aliphatic rings. The summed E-state index contributed by atoms with van der Waals surface area (Å²) in [6, 6.07) is 3.06. The Morgan fingerprint density at radius 3 is 2.75 bits per heavy atom. The maximum atomic E-state index is 12.0. The van der Waals surface area contributed by atoms with E-state index in [4.69, 9.17) is 5.73 Å². The van der Waals surface area contributed by atoms with Gasteiger partial charge in [0.1, 0.15) is 0 Å². The van der Waals surface area contributed by atoms with Crippen LogP contribution >= 0.6 is 0 Å². The van der Waals surface area contributed by atoms with E-state index in [2.05, 4.69) is 11.6 Å². The molecule has 0 fully saturated rings. The van der Waals surface area contributed by atoms with E-state index in [0.717, 1.165) is 5.69 Å². The molecular formula is C12H17N3O. The third kappa shape index (κ3) is 2.90. The van der Waals surface area contributed by atoms with Crippen molar-refractivity contribution in [1.82, 2.24) is 4.98 Å². The van der Waals surface area contributed by atoms with Crippen molar-refractivity contribution in [2.75, 3.05) is 11.4 Å². The van der Waals surface area contributed by atoms with Crippen LogP contribution in [0.1, 0.15) is 13.3 Å². The summed E-state index contributed by atoms with van der Waals surface area (Å²) in [7, 11) is 0. The predicted octanol–water partition coefficient (Wildman–Crippen LogP) is 1.34. The van der Waals surface area contributed by atoms with Crippen LogP contribution in [0.25, 0.3) is 0 Å². The molecule has 2 N–H and O–H groups in total. The zero-order chi connectivity index (χ0) is 12.0. The van der Waals surface area contributed by atoms with Crippen LogP contribution in [0.4, 0.5) is 5.69 Å². The lowest BCUT2D eigenvalue weighted by atomic mass is 10.2. The molecule has 0 radical (unpaired) electrons. The summed E-state index contributed by atoms with van der Waals surface area (Å²) in [4.78, 5) is 17.6. The minimum absolute atomic E-state index is 0.0893. The number of carbonyl (C=O) groups excluding carboxylic acids is 1. The normalized spacial score (nSPS) is 11.9. The van der Waals surface area contributed by atoms with Crippen molar-refractivity contribution in [3.8, 4) is 0 Å². The number of anilines is 1. The van der Waals surface area contributed by atoms with Gasteiger partial charge in [0.2, 0.25) is 5.91 Å². The van der Waals surface area contributed by atoms with Crippen LogP contribution in [0.2, 0.25) is 0 Å². The number of nitrogens with two attached hydrogens (primary N) is 1. The fourth-order valence-corrected chi connectivity index (χ4v) is 1.47. The summed E-state index contributed by atoms with van der Waals surface area (Å²) in [5.74, 6) is -0.0893. The second kappa shape index (κ2) is 6.02. The smallest absolute Gasteiger partial charge is 0.244 e. The molecule has 1 aromatic rings. The van der Waals surface area contributed by atoms with Crippen molar-refractivity contribution in [3.63, 3.8) is 0 Å². The quantitative estimate of drug-likeness (QED) is 0.760. The Morgan fingerprint density at radius 1 is 1.62 bits per heavy atom. The molecule has 16 heavy (non-hydrogen) atoms. The minimum atomic E-state index is -0.523. The SMILES string of the molecule is C=CCC(N)C(=O)N(CC)c1ccncc1. The van der Waals surface area contributed by atoms with Crippen LogP contribution in [0.15, 0.2) is 37.2 Å². The predicted molar refractivity (Wildman–Crippen MR) is 65.1 cm³/mol. The first-order valence-corrected chi connectivity index (χ1v) is 5.28. The number of pyridine rings is 1. The first-order chi connectivity index (χ1) is 7.70. The summed E-state index contributed by atoms with van der Waals surface area (Å²) >= 11 is 0. The van der Waals surface area contributed by atoms with Crippen LogP contribution in [0, 0.1) is 0 Å². The van der Waals surface area contributed by atoms with Crippen LogP contribution in [0.5, 0.6) is 0 Å². The molecule has 0 saturated heterocycles. The van der Waals surface area contributed by atoms with Gasteiger partial charge in [0.25, 0.3) is 0 Å². The van der Waals surface area contributed by atoms with Crippen molar-refractivity contribution in [2.45, 2.75) is 19.4 Å². The topological polar surface area (TPSA) is 59.2 Å². The number of carbonyl (C=O) groups is 1. The largest absolute Gasteiger partial charge is 0.320 e. The van der Waals surface area contributed by atoms with Crippen molar-refractivity contribution in [1.29, 1.82) is 0 Å². The molecular weight excluding hydrogens is 202 g/mol. The molecule has 0 aliphatic carbocycles. The lowest BCUT2D eigenvalue weighted by molar-refractivity contribution is -0.119. The maximum Gasteiger partial charge on any atom is 0.244 e. The highest BCUT2D eigenvalue weighted by Crippen LogP contribution is 2.13. The van der Waals surface area contributed by atoms with Gasteiger partial charge in [0, 0.05) is 24.6 Å². The molecule has 4 nitrogen and oxygen atoms in total. The third-order valence-electron chi connectivity index (χ3n) is 2.29.